The van der Waals surface area contributed by atoms with Crippen LogP contribution in [0.3, 0.4) is 0 Å². The number of rotatable bonds is 5. The molecule has 1 aliphatic rings. The molecular formula is C17H23N3O3S2. The first-order chi connectivity index (χ1) is 11.9. The lowest BCUT2D eigenvalue weighted by Crippen LogP contribution is -2.48. The molecule has 0 bridgehead atoms. The van der Waals surface area contributed by atoms with Gasteiger partial charge >= 0.3 is 0 Å². The maximum absolute atomic E-state index is 12.8. The van der Waals surface area contributed by atoms with Crippen LogP contribution in [0.2, 0.25) is 0 Å². The number of aryl methyl sites for hydroxylation is 2. The Morgan fingerprint density at radius 3 is 2.28 bits per heavy atom. The van der Waals surface area contributed by atoms with E-state index in [2.05, 4.69) is 40.6 Å². The van der Waals surface area contributed by atoms with E-state index in [1.165, 1.54) is 14.8 Å². The van der Waals surface area contributed by atoms with Gasteiger partial charge < -0.3 is 4.52 Å². The number of benzene rings is 1. The summed E-state index contributed by atoms with van der Waals surface area (Å²) in [5.74, 6) is 0.355. The zero-order valence-electron chi connectivity index (χ0n) is 14.7. The number of thioether (sulfide) groups is 1. The van der Waals surface area contributed by atoms with Crippen LogP contribution in [0.5, 0.6) is 0 Å². The van der Waals surface area contributed by atoms with E-state index in [1.54, 1.807) is 25.6 Å². The topological polar surface area (TPSA) is 66.7 Å². The molecule has 1 aromatic carbocycles. The van der Waals surface area contributed by atoms with E-state index in [4.69, 9.17) is 4.52 Å². The van der Waals surface area contributed by atoms with Crippen molar-refractivity contribution < 1.29 is 12.9 Å². The van der Waals surface area contributed by atoms with Gasteiger partial charge in [-0.3, -0.25) is 4.90 Å². The number of hydrogen-bond acceptors (Lipinski definition) is 6. The molecule has 0 spiro atoms. The Labute approximate surface area is 153 Å². The highest BCUT2D eigenvalue weighted by atomic mass is 32.2. The molecule has 25 heavy (non-hydrogen) atoms. The first kappa shape index (κ1) is 18.4. The molecule has 3 rings (SSSR count). The van der Waals surface area contributed by atoms with Gasteiger partial charge in [-0.05, 0) is 37.8 Å². The average Bonchev–Trinajstić information content (AvgIpc) is 2.95. The highest BCUT2D eigenvalue weighted by molar-refractivity contribution is 7.98. The number of hydrogen-bond donors (Lipinski definition) is 0. The van der Waals surface area contributed by atoms with Gasteiger partial charge in [-0.15, -0.1) is 11.8 Å². The zero-order valence-corrected chi connectivity index (χ0v) is 16.4. The molecule has 6 nitrogen and oxygen atoms in total. The van der Waals surface area contributed by atoms with Crippen LogP contribution in [0, 0.1) is 13.8 Å². The van der Waals surface area contributed by atoms with Gasteiger partial charge in [0.05, 0.1) is 0 Å². The van der Waals surface area contributed by atoms with Crippen molar-refractivity contribution in [3.05, 3.63) is 41.3 Å². The largest absolute Gasteiger partial charge is 0.360 e. The van der Waals surface area contributed by atoms with E-state index in [-0.39, 0.29) is 4.90 Å². The van der Waals surface area contributed by atoms with E-state index < -0.39 is 10.0 Å². The second-order valence-corrected chi connectivity index (χ2v) is 8.94. The van der Waals surface area contributed by atoms with Crippen molar-refractivity contribution >= 4 is 21.8 Å². The predicted molar refractivity (Wildman–Crippen MR) is 98.2 cm³/mol. The zero-order chi connectivity index (χ0) is 18.0. The minimum atomic E-state index is -3.54. The summed E-state index contributed by atoms with van der Waals surface area (Å²) in [5, 5.41) is 3.77. The van der Waals surface area contributed by atoms with Crippen molar-refractivity contribution in [1.82, 2.24) is 14.4 Å². The summed E-state index contributed by atoms with van der Waals surface area (Å²) in [5.41, 5.74) is 1.67. The highest BCUT2D eigenvalue weighted by Crippen LogP contribution is 2.24. The number of aromatic nitrogens is 1. The van der Waals surface area contributed by atoms with Crippen LogP contribution in [-0.4, -0.2) is 55.2 Å². The molecule has 1 aliphatic heterocycles. The molecule has 2 aromatic rings. The first-order valence-electron chi connectivity index (χ1n) is 8.20. The molecular weight excluding hydrogens is 358 g/mol. The molecule has 1 fully saturated rings. The molecule has 0 N–H and O–H groups in total. The van der Waals surface area contributed by atoms with Crippen molar-refractivity contribution in [2.75, 3.05) is 32.4 Å². The third-order valence-electron chi connectivity index (χ3n) is 4.46. The summed E-state index contributed by atoms with van der Waals surface area (Å²) >= 11 is 1.73. The van der Waals surface area contributed by atoms with Crippen LogP contribution < -0.4 is 0 Å². The normalized spacial score (nSPS) is 17.1. The quantitative estimate of drug-likeness (QED) is 0.742. The fourth-order valence-corrected chi connectivity index (χ4v) is 5.21. The van der Waals surface area contributed by atoms with Crippen LogP contribution >= 0.6 is 11.8 Å². The number of piperazine rings is 1. The van der Waals surface area contributed by atoms with Gasteiger partial charge in [-0.25, -0.2) is 8.42 Å². The smallest absolute Gasteiger partial charge is 0.248 e. The fraction of sp³-hybridized carbons (Fsp3) is 0.471. The third kappa shape index (κ3) is 3.92. The Hall–Kier alpha value is -1.35. The van der Waals surface area contributed by atoms with Gasteiger partial charge in [0.2, 0.25) is 10.0 Å². The molecule has 136 valence electrons. The van der Waals surface area contributed by atoms with Gasteiger partial charge in [0.25, 0.3) is 0 Å². The summed E-state index contributed by atoms with van der Waals surface area (Å²) in [6.07, 6.45) is 2.06. The monoisotopic (exact) mass is 381 g/mol. The Morgan fingerprint density at radius 2 is 1.76 bits per heavy atom. The molecule has 0 radical (unpaired) electrons. The predicted octanol–water partition coefficient (Wildman–Crippen LogP) is 2.52. The Morgan fingerprint density at radius 1 is 1.12 bits per heavy atom. The molecule has 1 aromatic heterocycles. The summed E-state index contributed by atoms with van der Waals surface area (Å²) in [7, 11) is -3.54. The fourth-order valence-electron chi connectivity index (χ4n) is 3.09. The molecule has 0 aliphatic carbocycles. The van der Waals surface area contributed by atoms with Gasteiger partial charge in [0.15, 0.2) is 5.76 Å². The highest BCUT2D eigenvalue weighted by Gasteiger charge is 2.33. The van der Waals surface area contributed by atoms with Gasteiger partial charge in [0.1, 0.15) is 10.6 Å². The van der Waals surface area contributed by atoms with E-state index in [0.717, 1.165) is 6.54 Å². The van der Waals surface area contributed by atoms with Crippen LogP contribution in [-0.2, 0) is 16.6 Å². The molecule has 0 saturated carbocycles. The maximum atomic E-state index is 12.8. The van der Waals surface area contributed by atoms with Crippen LogP contribution in [0.1, 0.15) is 17.0 Å². The standard InChI is InChI=1S/C17H23N3O3S2/c1-13-17(14(2)23-18-13)25(21,22)20-10-8-19(9-11-20)12-15-4-6-16(24-3)7-5-15/h4-7H,8-12H2,1-3H3. The SMILES string of the molecule is CSc1ccc(CN2CCN(S(=O)(=O)c3c(C)noc3C)CC2)cc1. The molecule has 1 saturated heterocycles. The van der Waals surface area contributed by atoms with Gasteiger partial charge in [-0.2, -0.15) is 4.31 Å². The lowest BCUT2D eigenvalue weighted by Gasteiger charge is -2.33. The van der Waals surface area contributed by atoms with Gasteiger partial charge in [-0.1, -0.05) is 17.3 Å². The minimum absolute atomic E-state index is 0.216. The van der Waals surface area contributed by atoms with Crippen LogP contribution in [0.25, 0.3) is 0 Å². The van der Waals surface area contributed by atoms with E-state index in [1.807, 2.05) is 0 Å². The van der Waals surface area contributed by atoms with E-state index >= 15 is 0 Å². The lowest BCUT2D eigenvalue weighted by atomic mass is 10.2. The summed E-state index contributed by atoms with van der Waals surface area (Å²) in [4.78, 5) is 3.75. The number of nitrogens with zero attached hydrogens (tertiary/aromatic N) is 3. The van der Waals surface area contributed by atoms with Crippen LogP contribution in [0.15, 0.2) is 38.6 Å². The minimum Gasteiger partial charge on any atom is -0.360 e. The van der Waals surface area contributed by atoms with Crippen molar-refractivity contribution in [3.8, 4) is 0 Å². The first-order valence-corrected chi connectivity index (χ1v) is 10.9. The van der Waals surface area contributed by atoms with Crippen molar-refractivity contribution in [2.24, 2.45) is 0 Å². The van der Waals surface area contributed by atoms with E-state index in [9.17, 15) is 8.42 Å². The average molecular weight is 382 g/mol. The molecule has 2 heterocycles. The molecule has 0 unspecified atom stereocenters. The van der Waals surface area contributed by atoms with Crippen LogP contribution in [0.4, 0.5) is 0 Å². The summed E-state index contributed by atoms with van der Waals surface area (Å²) in [6.45, 7) is 6.54. The second kappa shape index (κ2) is 7.49. The lowest BCUT2D eigenvalue weighted by molar-refractivity contribution is 0.181. The Balaban J connectivity index is 1.63. The van der Waals surface area contributed by atoms with E-state index in [0.29, 0.717) is 37.6 Å². The Bertz CT molecular complexity index is 804. The van der Waals surface area contributed by atoms with Crippen molar-refractivity contribution in [2.45, 2.75) is 30.2 Å². The molecule has 0 atom stereocenters. The van der Waals surface area contributed by atoms with Crippen molar-refractivity contribution in [3.63, 3.8) is 0 Å². The maximum Gasteiger partial charge on any atom is 0.248 e. The molecule has 0 amide bonds. The summed E-state index contributed by atoms with van der Waals surface area (Å²) < 4.78 is 32.2. The van der Waals surface area contributed by atoms with Gasteiger partial charge in [0, 0.05) is 37.6 Å². The second-order valence-electron chi connectivity index (χ2n) is 6.18. The summed E-state index contributed by atoms with van der Waals surface area (Å²) in [6, 6.07) is 8.52. The Kier molecular flexibility index (Phi) is 5.52. The number of sulfonamides is 1. The third-order valence-corrected chi connectivity index (χ3v) is 7.35. The molecule has 8 heteroatoms. The van der Waals surface area contributed by atoms with Crippen molar-refractivity contribution in [1.29, 1.82) is 0 Å².